The number of rotatable bonds is 5. The molecule has 25 heavy (non-hydrogen) atoms. The Labute approximate surface area is 147 Å². The van der Waals surface area contributed by atoms with Gasteiger partial charge in [-0.2, -0.15) is 10.1 Å². The standard InChI is InChI=1S/C17H16N6OS/c1-11-20-12(10-25-11)7-8-18-17-21-15-14(16(24)22-17)9-19-23(15)13-5-3-2-4-6-13/h2-6,9-10H,7-8H2,1H3,(H2,18,21,22,24). The van der Waals surface area contributed by atoms with Gasteiger partial charge in [-0.25, -0.2) is 9.67 Å². The number of nitrogens with one attached hydrogen (secondary N) is 2. The molecule has 0 radical (unpaired) electrons. The zero-order valence-electron chi connectivity index (χ0n) is 13.6. The highest BCUT2D eigenvalue weighted by Crippen LogP contribution is 2.14. The van der Waals surface area contributed by atoms with Crippen LogP contribution in [-0.4, -0.2) is 31.3 Å². The Balaban J connectivity index is 1.60. The molecular formula is C17H16N6OS. The summed E-state index contributed by atoms with van der Waals surface area (Å²) >= 11 is 1.63. The molecule has 2 N–H and O–H groups in total. The number of aromatic nitrogens is 5. The maximum absolute atomic E-state index is 12.3. The predicted molar refractivity (Wildman–Crippen MR) is 98.5 cm³/mol. The summed E-state index contributed by atoms with van der Waals surface area (Å²) < 4.78 is 1.67. The van der Waals surface area contributed by atoms with E-state index in [1.54, 1.807) is 16.0 Å². The Bertz CT molecular complexity index is 1070. The van der Waals surface area contributed by atoms with Crippen LogP contribution < -0.4 is 10.9 Å². The van der Waals surface area contributed by atoms with Crippen LogP contribution in [0.25, 0.3) is 16.7 Å². The van der Waals surface area contributed by atoms with Crippen molar-refractivity contribution in [3.63, 3.8) is 0 Å². The fourth-order valence-electron chi connectivity index (χ4n) is 2.59. The van der Waals surface area contributed by atoms with E-state index in [2.05, 4.69) is 25.4 Å². The second-order valence-electron chi connectivity index (χ2n) is 5.58. The topological polar surface area (TPSA) is 88.5 Å². The third-order valence-corrected chi connectivity index (χ3v) is 4.60. The summed E-state index contributed by atoms with van der Waals surface area (Å²) in [5, 5.41) is 11.0. The molecule has 8 heteroatoms. The minimum atomic E-state index is -0.209. The molecule has 0 amide bonds. The molecule has 0 aliphatic carbocycles. The summed E-state index contributed by atoms with van der Waals surface area (Å²) in [6.07, 6.45) is 2.31. The zero-order chi connectivity index (χ0) is 17.2. The molecule has 4 rings (SSSR count). The third-order valence-electron chi connectivity index (χ3n) is 3.78. The molecule has 126 valence electrons. The van der Waals surface area contributed by atoms with Crippen molar-refractivity contribution in [2.45, 2.75) is 13.3 Å². The molecule has 0 saturated heterocycles. The third kappa shape index (κ3) is 3.16. The number of aromatic amines is 1. The van der Waals surface area contributed by atoms with Crippen LogP contribution in [0.15, 0.2) is 46.7 Å². The van der Waals surface area contributed by atoms with Gasteiger partial charge in [-0.15, -0.1) is 11.3 Å². The van der Waals surface area contributed by atoms with Crippen molar-refractivity contribution in [1.82, 2.24) is 24.7 Å². The molecule has 4 aromatic rings. The van der Waals surface area contributed by atoms with E-state index >= 15 is 0 Å². The SMILES string of the molecule is Cc1nc(CCNc2nc3c(cnn3-c3ccccc3)c(=O)[nH]2)cs1. The van der Waals surface area contributed by atoms with Crippen molar-refractivity contribution < 1.29 is 0 Å². The molecule has 1 aromatic carbocycles. The average molecular weight is 352 g/mol. The maximum Gasteiger partial charge on any atom is 0.263 e. The Hall–Kier alpha value is -3.00. The summed E-state index contributed by atoms with van der Waals surface area (Å²) in [5.41, 5.74) is 2.22. The lowest BCUT2D eigenvalue weighted by Crippen LogP contribution is -2.15. The van der Waals surface area contributed by atoms with Crippen LogP contribution in [-0.2, 0) is 6.42 Å². The van der Waals surface area contributed by atoms with E-state index in [1.807, 2.05) is 42.6 Å². The number of benzene rings is 1. The van der Waals surface area contributed by atoms with E-state index in [1.165, 1.54) is 6.20 Å². The molecule has 0 saturated carbocycles. The molecule has 0 atom stereocenters. The summed E-state index contributed by atoms with van der Waals surface area (Å²) in [7, 11) is 0. The van der Waals surface area contributed by atoms with Gasteiger partial charge in [-0.1, -0.05) is 18.2 Å². The number of anilines is 1. The van der Waals surface area contributed by atoms with Crippen molar-refractivity contribution in [1.29, 1.82) is 0 Å². The van der Waals surface area contributed by atoms with Crippen molar-refractivity contribution in [2.75, 3.05) is 11.9 Å². The van der Waals surface area contributed by atoms with Gasteiger partial charge in [0.05, 0.1) is 22.6 Å². The highest BCUT2D eigenvalue weighted by Gasteiger charge is 2.11. The van der Waals surface area contributed by atoms with E-state index in [0.717, 1.165) is 22.8 Å². The number of H-pyrrole nitrogens is 1. The first-order valence-corrected chi connectivity index (χ1v) is 8.77. The number of thiazole rings is 1. The van der Waals surface area contributed by atoms with Crippen LogP contribution in [0.2, 0.25) is 0 Å². The molecule has 0 unspecified atom stereocenters. The van der Waals surface area contributed by atoms with Crippen molar-refractivity contribution in [3.05, 3.63) is 63.0 Å². The van der Waals surface area contributed by atoms with Crippen LogP contribution in [0.3, 0.4) is 0 Å². The predicted octanol–water partition coefficient (Wildman–Crippen LogP) is 2.53. The number of hydrogen-bond acceptors (Lipinski definition) is 6. The fraction of sp³-hybridized carbons (Fsp3) is 0.176. The molecule has 0 bridgehead atoms. The lowest BCUT2D eigenvalue weighted by molar-refractivity contribution is 0.891. The Morgan fingerprint density at radius 2 is 2.08 bits per heavy atom. The van der Waals surface area contributed by atoms with Crippen LogP contribution in [0.1, 0.15) is 10.7 Å². The Morgan fingerprint density at radius 3 is 2.84 bits per heavy atom. The molecule has 0 spiro atoms. The molecule has 0 aliphatic heterocycles. The smallest absolute Gasteiger partial charge is 0.263 e. The van der Waals surface area contributed by atoms with Gasteiger partial charge in [0.25, 0.3) is 5.56 Å². The summed E-state index contributed by atoms with van der Waals surface area (Å²) in [4.78, 5) is 24.0. The quantitative estimate of drug-likeness (QED) is 0.576. The van der Waals surface area contributed by atoms with Crippen molar-refractivity contribution in [2.24, 2.45) is 0 Å². The first-order chi connectivity index (χ1) is 12.2. The lowest BCUT2D eigenvalue weighted by Gasteiger charge is -2.06. The van der Waals surface area contributed by atoms with Crippen LogP contribution in [0, 0.1) is 6.92 Å². The van der Waals surface area contributed by atoms with E-state index in [4.69, 9.17) is 0 Å². The number of aryl methyl sites for hydroxylation is 1. The van der Waals surface area contributed by atoms with Gasteiger partial charge in [0.15, 0.2) is 5.65 Å². The minimum Gasteiger partial charge on any atom is -0.355 e. The van der Waals surface area contributed by atoms with Crippen LogP contribution in [0.5, 0.6) is 0 Å². The first kappa shape index (κ1) is 15.5. The molecule has 0 fully saturated rings. The second kappa shape index (κ2) is 6.48. The molecule has 3 heterocycles. The van der Waals surface area contributed by atoms with Gasteiger partial charge < -0.3 is 5.32 Å². The van der Waals surface area contributed by atoms with Gasteiger partial charge in [-0.3, -0.25) is 9.78 Å². The summed E-state index contributed by atoms with van der Waals surface area (Å²) in [6, 6.07) is 9.62. The monoisotopic (exact) mass is 352 g/mol. The van der Waals surface area contributed by atoms with Gasteiger partial charge in [0.1, 0.15) is 5.39 Å². The minimum absolute atomic E-state index is 0.209. The van der Waals surface area contributed by atoms with E-state index < -0.39 is 0 Å². The Kier molecular flexibility index (Phi) is 4.02. The second-order valence-corrected chi connectivity index (χ2v) is 6.64. The van der Waals surface area contributed by atoms with Crippen molar-refractivity contribution >= 4 is 28.3 Å². The van der Waals surface area contributed by atoms with Gasteiger partial charge >= 0.3 is 0 Å². The van der Waals surface area contributed by atoms with E-state index in [9.17, 15) is 4.79 Å². The van der Waals surface area contributed by atoms with Gasteiger partial charge in [-0.05, 0) is 19.1 Å². The average Bonchev–Trinajstić information content (AvgIpc) is 3.22. The molecule has 7 nitrogen and oxygen atoms in total. The lowest BCUT2D eigenvalue weighted by atomic mass is 10.3. The zero-order valence-corrected chi connectivity index (χ0v) is 14.4. The maximum atomic E-state index is 12.3. The summed E-state index contributed by atoms with van der Waals surface area (Å²) in [5.74, 6) is 0.433. The molecular weight excluding hydrogens is 336 g/mol. The van der Waals surface area contributed by atoms with Crippen LogP contribution in [0.4, 0.5) is 5.95 Å². The number of fused-ring (bicyclic) bond motifs is 1. The number of para-hydroxylation sites is 1. The molecule has 3 aromatic heterocycles. The van der Waals surface area contributed by atoms with Gasteiger partial charge in [0.2, 0.25) is 5.95 Å². The normalized spacial score (nSPS) is 11.1. The first-order valence-electron chi connectivity index (χ1n) is 7.89. The largest absolute Gasteiger partial charge is 0.355 e. The van der Waals surface area contributed by atoms with E-state index in [0.29, 0.717) is 23.5 Å². The fourth-order valence-corrected chi connectivity index (χ4v) is 3.24. The van der Waals surface area contributed by atoms with Crippen LogP contribution >= 0.6 is 11.3 Å². The van der Waals surface area contributed by atoms with E-state index in [-0.39, 0.29) is 5.56 Å². The highest BCUT2D eigenvalue weighted by atomic mass is 32.1. The summed E-state index contributed by atoms with van der Waals surface area (Å²) in [6.45, 7) is 2.62. The molecule has 0 aliphatic rings. The Morgan fingerprint density at radius 1 is 1.24 bits per heavy atom. The number of nitrogens with zero attached hydrogens (tertiary/aromatic N) is 4. The number of hydrogen-bond donors (Lipinski definition) is 2. The van der Waals surface area contributed by atoms with Gasteiger partial charge in [0, 0.05) is 18.3 Å². The van der Waals surface area contributed by atoms with Crippen molar-refractivity contribution in [3.8, 4) is 5.69 Å². The highest BCUT2D eigenvalue weighted by molar-refractivity contribution is 7.09.